The largest absolute Gasteiger partial charge is 0.481 e. The Morgan fingerprint density at radius 3 is 2.56 bits per heavy atom. The van der Waals surface area contributed by atoms with E-state index in [0.29, 0.717) is 19.0 Å². The number of piperazine rings is 1. The lowest BCUT2D eigenvalue weighted by Crippen LogP contribution is -2.46. The highest BCUT2D eigenvalue weighted by Gasteiger charge is 2.30. The van der Waals surface area contributed by atoms with E-state index in [4.69, 9.17) is 9.63 Å². The quantitative estimate of drug-likeness (QED) is 0.819. The maximum Gasteiger partial charge on any atom is 0.416 e. The first-order chi connectivity index (χ1) is 12.8. The summed E-state index contributed by atoms with van der Waals surface area (Å²) in [6.07, 6.45) is -4.31. The van der Waals surface area contributed by atoms with E-state index in [1.54, 1.807) is 0 Å². The molecule has 0 saturated carbocycles. The van der Waals surface area contributed by atoms with Gasteiger partial charge in [0.15, 0.2) is 0 Å². The van der Waals surface area contributed by atoms with Crippen LogP contribution in [0.5, 0.6) is 0 Å². The fourth-order valence-electron chi connectivity index (χ4n) is 2.89. The molecule has 1 aliphatic rings. The van der Waals surface area contributed by atoms with Crippen LogP contribution in [0.3, 0.4) is 0 Å². The van der Waals surface area contributed by atoms with E-state index < -0.39 is 17.7 Å². The first-order valence-corrected chi connectivity index (χ1v) is 8.48. The molecule has 1 aromatic carbocycles. The normalized spacial score (nSPS) is 16.6. The summed E-state index contributed by atoms with van der Waals surface area (Å²) in [5, 5.41) is 12.5. The summed E-state index contributed by atoms with van der Waals surface area (Å²) in [4.78, 5) is 19.0. The van der Waals surface area contributed by atoms with Gasteiger partial charge in [0, 0.05) is 38.3 Å². The number of benzene rings is 1. The summed E-state index contributed by atoms with van der Waals surface area (Å²) in [6, 6.07) is 4.81. The van der Waals surface area contributed by atoms with Crippen LogP contribution in [-0.4, -0.2) is 63.7 Å². The molecule has 0 bridgehead atoms. The summed E-state index contributed by atoms with van der Waals surface area (Å²) in [6.45, 7) is 3.84. The molecule has 1 aliphatic heterocycles. The van der Waals surface area contributed by atoms with E-state index >= 15 is 0 Å². The van der Waals surface area contributed by atoms with Crippen LogP contribution in [0.4, 0.5) is 13.2 Å². The first-order valence-electron chi connectivity index (χ1n) is 8.48. The van der Waals surface area contributed by atoms with Crippen molar-refractivity contribution in [2.75, 3.05) is 32.7 Å². The maximum atomic E-state index is 12.8. The van der Waals surface area contributed by atoms with Gasteiger partial charge in [0.2, 0.25) is 11.7 Å². The predicted molar refractivity (Wildman–Crippen MR) is 88.7 cm³/mol. The predicted octanol–water partition coefficient (Wildman–Crippen LogP) is 2.35. The van der Waals surface area contributed by atoms with E-state index in [1.165, 1.54) is 12.1 Å². The number of hydrogen-bond donors (Lipinski definition) is 1. The third-order valence-electron chi connectivity index (χ3n) is 4.38. The Morgan fingerprint density at radius 1 is 1.19 bits per heavy atom. The van der Waals surface area contributed by atoms with Crippen molar-refractivity contribution in [3.63, 3.8) is 0 Å². The summed E-state index contributed by atoms with van der Waals surface area (Å²) >= 11 is 0. The highest BCUT2D eigenvalue weighted by atomic mass is 19.4. The van der Waals surface area contributed by atoms with Gasteiger partial charge in [0.1, 0.15) is 0 Å². The summed E-state index contributed by atoms with van der Waals surface area (Å²) < 4.78 is 43.6. The highest BCUT2D eigenvalue weighted by molar-refractivity contribution is 5.66. The zero-order chi connectivity index (χ0) is 19.4. The zero-order valence-corrected chi connectivity index (χ0v) is 14.4. The Bertz CT molecular complexity index is 786. The van der Waals surface area contributed by atoms with Crippen LogP contribution in [0.1, 0.15) is 17.9 Å². The minimum atomic E-state index is -4.43. The van der Waals surface area contributed by atoms with Crippen LogP contribution >= 0.6 is 0 Å². The number of halogens is 3. The fraction of sp³-hybridized carbons (Fsp3) is 0.471. The molecule has 1 N–H and O–H groups in total. The topological polar surface area (TPSA) is 82.7 Å². The van der Waals surface area contributed by atoms with Crippen molar-refractivity contribution in [1.29, 1.82) is 0 Å². The van der Waals surface area contributed by atoms with Gasteiger partial charge in [0.25, 0.3) is 0 Å². The van der Waals surface area contributed by atoms with Crippen molar-refractivity contribution in [2.24, 2.45) is 0 Å². The average molecular weight is 384 g/mol. The summed E-state index contributed by atoms with van der Waals surface area (Å²) in [7, 11) is 0. The van der Waals surface area contributed by atoms with Gasteiger partial charge >= 0.3 is 12.1 Å². The number of carbonyl (C=O) groups is 1. The van der Waals surface area contributed by atoms with Gasteiger partial charge in [-0.15, -0.1) is 0 Å². The number of carboxylic acid groups (broad SMARTS) is 1. The van der Waals surface area contributed by atoms with Crippen molar-refractivity contribution >= 4 is 5.97 Å². The second-order valence-electron chi connectivity index (χ2n) is 6.35. The number of aromatic nitrogens is 2. The van der Waals surface area contributed by atoms with Gasteiger partial charge in [-0.2, -0.15) is 18.2 Å². The minimum absolute atomic E-state index is 0.115. The molecule has 0 atom stereocenters. The van der Waals surface area contributed by atoms with Gasteiger partial charge < -0.3 is 14.5 Å². The van der Waals surface area contributed by atoms with Crippen molar-refractivity contribution in [3.8, 4) is 11.4 Å². The first kappa shape index (κ1) is 19.3. The fourth-order valence-corrected chi connectivity index (χ4v) is 2.89. The van der Waals surface area contributed by atoms with Crippen LogP contribution in [-0.2, 0) is 17.5 Å². The lowest BCUT2D eigenvalue weighted by atomic mass is 10.1. The number of hydrogen-bond acceptors (Lipinski definition) is 6. The Hall–Kier alpha value is -2.46. The van der Waals surface area contributed by atoms with Gasteiger partial charge in [0.05, 0.1) is 18.5 Å². The van der Waals surface area contributed by atoms with E-state index in [-0.39, 0.29) is 17.8 Å². The molecule has 10 heteroatoms. The van der Waals surface area contributed by atoms with Gasteiger partial charge in [-0.05, 0) is 12.1 Å². The molecule has 0 unspecified atom stereocenters. The molecular weight excluding hydrogens is 365 g/mol. The van der Waals surface area contributed by atoms with E-state index in [9.17, 15) is 18.0 Å². The van der Waals surface area contributed by atoms with Crippen LogP contribution < -0.4 is 0 Å². The maximum absolute atomic E-state index is 12.8. The molecule has 2 aromatic rings. The molecule has 0 radical (unpaired) electrons. The smallest absolute Gasteiger partial charge is 0.416 e. The van der Waals surface area contributed by atoms with Crippen molar-refractivity contribution in [1.82, 2.24) is 19.9 Å². The van der Waals surface area contributed by atoms with E-state index in [2.05, 4.69) is 19.9 Å². The lowest BCUT2D eigenvalue weighted by molar-refractivity contribution is -0.138. The molecule has 2 heterocycles. The number of aliphatic carboxylic acids is 1. The molecule has 27 heavy (non-hydrogen) atoms. The summed E-state index contributed by atoms with van der Waals surface area (Å²) in [5.41, 5.74) is -0.512. The molecule has 1 fully saturated rings. The SMILES string of the molecule is O=C(O)CCN1CCN(Cc2nc(-c3cccc(C(F)(F)F)c3)no2)CC1. The van der Waals surface area contributed by atoms with Crippen molar-refractivity contribution in [2.45, 2.75) is 19.1 Å². The monoisotopic (exact) mass is 384 g/mol. The van der Waals surface area contributed by atoms with E-state index in [1.807, 2.05) is 0 Å². The lowest BCUT2D eigenvalue weighted by Gasteiger charge is -2.33. The van der Waals surface area contributed by atoms with Crippen molar-refractivity contribution < 1.29 is 27.6 Å². The Kier molecular flexibility index (Phi) is 5.76. The number of carboxylic acids is 1. The van der Waals surface area contributed by atoms with Crippen LogP contribution in [0.25, 0.3) is 11.4 Å². The highest BCUT2D eigenvalue weighted by Crippen LogP contribution is 2.31. The second-order valence-corrected chi connectivity index (χ2v) is 6.35. The van der Waals surface area contributed by atoms with Gasteiger partial charge in [-0.3, -0.25) is 9.69 Å². The van der Waals surface area contributed by atoms with Crippen LogP contribution in [0.2, 0.25) is 0 Å². The Balaban J connectivity index is 1.57. The van der Waals surface area contributed by atoms with Crippen molar-refractivity contribution in [3.05, 3.63) is 35.7 Å². The molecule has 7 nitrogen and oxygen atoms in total. The van der Waals surface area contributed by atoms with Crippen LogP contribution in [0, 0.1) is 0 Å². The number of nitrogens with zero attached hydrogens (tertiary/aromatic N) is 4. The van der Waals surface area contributed by atoms with Crippen LogP contribution in [0.15, 0.2) is 28.8 Å². The molecule has 1 saturated heterocycles. The molecule has 0 spiro atoms. The molecule has 0 aliphatic carbocycles. The molecule has 1 aromatic heterocycles. The minimum Gasteiger partial charge on any atom is -0.481 e. The number of rotatable bonds is 6. The van der Waals surface area contributed by atoms with E-state index in [0.717, 1.165) is 38.3 Å². The molecular formula is C17H19F3N4O3. The van der Waals surface area contributed by atoms with Gasteiger partial charge in [-0.25, -0.2) is 0 Å². The average Bonchev–Trinajstić information content (AvgIpc) is 3.09. The molecule has 0 amide bonds. The Labute approximate surface area is 153 Å². The third kappa shape index (κ3) is 5.27. The zero-order valence-electron chi connectivity index (χ0n) is 14.4. The standard InChI is InChI=1S/C17H19F3N4O3/c18-17(19,20)13-3-1-2-12(10-13)16-21-14(27-22-16)11-24-8-6-23(7-9-24)5-4-15(25)26/h1-3,10H,4-9,11H2,(H,25,26). The third-order valence-corrected chi connectivity index (χ3v) is 4.38. The second kappa shape index (κ2) is 8.05. The number of alkyl halides is 3. The Morgan fingerprint density at radius 2 is 1.89 bits per heavy atom. The molecule has 3 rings (SSSR count). The van der Waals surface area contributed by atoms with Gasteiger partial charge in [-0.1, -0.05) is 17.3 Å². The molecule has 146 valence electrons. The summed E-state index contributed by atoms with van der Waals surface area (Å²) in [5.74, 6) is -0.358.